The van der Waals surface area contributed by atoms with E-state index in [1.165, 1.54) is 0 Å². The number of halogens is 1. The maximum atomic E-state index is 13.1. The monoisotopic (exact) mass is 487 g/mol. The maximum Gasteiger partial charge on any atom is 0.309 e. The lowest BCUT2D eigenvalue weighted by atomic mass is 9.92. The molecule has 1 saturated heterocycles. The first-order valence-corrected chi connectivity index (χ1v) is 11.6. The van der Waals surface area contributed by atoms with Gasteiger partial charge in [0.1, 0.15) is 5.82 Å². The van der Waals surface area contributed by atoms with Gasteiger partial charge in [-0.3, -0.25) is 24.2 Å². The van der Waals surface area contributed by atoms with Crippen molar-refractivity contribution >= 4 is 46.8 Å². The van der Waals surface area contributed by atoms with Crippen LogP contribution in [-0.2, 0) is 19.1 Å². The predicted octanol–water partition coefficient (Wildman–Crippen LogP) is 2.58. The summed E-state index contributed by atoms with van der Waals surface area (Å²) in [6.07, 6.45) is 0.958. The first-order chi connectivity index (χ1) is 16.3. The Bertz CT molecular complexity index is 1190. The van der Waals surface area contributed by atoms with E-state index in [9.17, 15) is 19.2 Å². The van der Waals surface area contributed by atoms with Crippen molar-refractivity contribution in [2.24, 2.45) is 5.92 Å². The van der Waals surface area contributed by atoms with Crippen molar-refractivity contribution in [2.45, 2.75) is 39.0 Å². The third-order valence-corrected chi connectivity index (χ3v) is 6.36. The molecule has 1 atom stereocenters. The van der Waals surface area contributed by atoms with Crippen molar-refractivity contribution in [3.05, 3.63) is 44.7 Å². The van der Waals surface area contributed by atoms with Crippen LogP contribution in [-0.4, -0.2) is 47.4 Å². The van der Waals surface area contributed by atoms with E-state index in [1.54, 1.807) is 25.1 Å². The van der Waals surface area contributed by atoms with Crippen LogP contribution in [0.2, 0.25) is 5.02 Å². The number of hydrogen-bond donors (Lipinski definition) is 3. The molecule has 10 nitrogen and oxygen atoms in total. The first kappa shape index (κ1) is 23.7. The van der Waals surface area contributed by atoms with Crippen molar-refractivity contribution in [1.29, 1.82) is 0 Å². The molecule has 1 fully saturated rings. The Labute approximate surface area is 201 Å². The molecule has 3 N–H and O–H groups in total. The number of rotatable bonds is 5. The number of anilines is 3. The standard InChI is InChI=1S/C23H26ClN5O5/c1-3-34-22(33)13-6-8-29(9-7-13)23-27-19-18(21(32)28-23)15(11-17(30)26-19)20(31)25-16-10-14(24)5-4-12(16)2/h4-5,10,13,15H,3,6-9,11H2,1-2H3,(H,25,31)(H2,26,27,28,30,32). The van der Waals surface area contributed by atoms with E-state index in [4.69, 9.17) is 16.3 Å². The van der Waals surface area contributed by atoms with Crippen molar-refractivity contribution in [3.8, 4) is 0 Å². The Morgan fingerprint density at radius 3 is 2.71 bits per heavy atom. The van der Waals surface area contributed by atoms with Crippen LogP contribution >= 0.6 is 11.6 Å². The van der Waals surface area contributed by atoms with Gasteiger partial charge in [-0.1, -0.05) is 17.7 Å². The lowest BCUT2D eigenvalue weighted by molar-refractivity contribution is -0.148. The minimum Gasteiger partial charge on any atom is -0.466 e. The second kappa shape index (κ2) is 9.84. The summed E-state index contributed by atoms with van der Waals surface area (Å²) in [6.45, 7) is 4.92. The fraction of sp³-hybridized carbons (Fsp3) is 0.435. The summed E-state index contributed by atoms with van der Waals surface area (Å²) >= 11 is 6.04. The number of esters is 1. The second-order valence-electron chi connectivity index (χ2n) is 8.42. The molecule has 4 rings (SSSR count). The van der Waals surface area contributed by atoms with E-state index < -0.39 is 23.3 Å². The van der Waals surface area contributed by atoms with Gasteiger partial charge in [-0.2, -0.15) is 4.98 Å². The molecule has 2 aliphatic rings. The summed E-state index contributed by atoms with van der Waals surface area (Å²) in [5.74, 6) is -1.93. The number of piperidine rings is 1. The number of ether oxygens (including phenoxy) is 1. The molecule has 0 spiro atoms. The average Bonchev–Trinajstić information content (AvgIpc) is 2.80. The Kier molecular flexibility index (Phi) is 6.87. The largest absolute Gasteiger partial charge is 0.466 e. The third-order valence-electron chi connectivity index (χ3n) is 6.13. The molecule has 34 heavy (non-hydrogen) atoms. The number of nitrogens with zero attached hydrogens (tertiary/aromatic N) is 2. The van der Waals surface area contributed by atoms with E-state index in [1.807, 2.05) is 11.8 Å². The van der Waals surface area contributed by atoms with Crippen LogP contribution in [0.3, 0.4) is 0 Å². The highest BCUT2D eigenvalue weighted by Gasteiger charge is 2.36. The fourth-order valence-corrected chi connectivity index (χ4v) is 4.44. The van der Waals surface area contributed by atoms with Crippen LogP contribution in [0.5, 0.6) is 0 Å². The zero-order valence-electron chi connectivity index (χ0n) is 18.9. The molecule has 2 amide bonds. The molecule has 2 aromatic rings. The van der Waals surface area contributed by atoms with Crippen LogP contribution in [0.1, 0.15) is 43.2 Å². The Balaban J connectivity index is 1.55. The van der Waals surface area contributed by atoms with Crippen molar-refractivity contribution in [1.82, 2.24) is 9.97 Å². The highest BCUT2D eigenvalue weighted by atomic mass is 35.5. The number of H-pyrrole nitrogens is 1. The third kappa shape index (κ3) is 4.91. The molecule has 11 heteroatoms. The zero-order valence-corrected chi connectivity index (χ0v) is 19.7. The topological polar surface area (TPSA) is 133 Å². The molecular weight excluding hydrogens is 462 g/mol. The molecule has 0 bridgehead atoms. The number of carbonyl (C=O) groups is 3. The van der Waals surface area contributed by atoms with Crippen LogP contribution in [0.15, 0.2) is 23.0 Å². The second-order valence-corrected chi connectivity index (χ2v) is 8.86. The number of aryl methyl sites for hydroxylation is 1. The van der Waals surface area contributed by atoms with Gasteiger partial charge in [-0.15, -0.1) is 0 Å². The highest BCUT2D eigenvalue weighted by molar-refractivity contribution is 6.31. The zero-order chi connectivity index (χ0) is 24.4. The number of fused-ring (bicyclic) bond motifs is 1. The summed E-state index contributed by atoms with van der Waals surface area (Å²) in [4.78, 5) is 59.5. The minimum absolute atomic E-state index is 0.0745. The number of amides is 2. The Morgan fingerprint density at radius 2 is 2.00 bits per heavy atom. The summed E-state index contributed by atoms with van der Waals surface area (Å²) in [5.41, 5.74) is 0.930. The van der Waals surface area contributed by atoms with E-state index in [0.717, 1.165) is 5.56 Å². The van der Waals surface area contributed by atoms with E-state index >= 15 is 0 Å². The van der Waals surface area contributed by atoms with E-state index in [0.29, 0.717) is 43.2 Å². The number of carbonyl (C=O) groups excluding carboxylic acids is 3. The van der Waals surface area contributed by atoms with Gasteiger partial charge in [-0.25, -0.2) is 0 Å². The van der Waals surface area contributed by atoms with Crippen molar-refractivity contribution in [3.63, 3.8) is 0 Å². The number of nitrogens with one attached hydrogen (secondary N) is 3. The molecule has 0 aliphatic carbocycles. The number of hydrogen-bond acceptors (Lipinski definition) is 7. The van der Waals surface area contributed by atoms with Crippen LogP contribution in [0.25, 0.3) is 0 Å². The molecule has 0 radical (unpaired) electrons. The number of aromatic amines is 1. The van der Waals surface area contributed by atoms with Gasteiger partial charge in [-0.05, 0) is 44.4 Å². The summed E-state index contributed by atoms with van der Waals surface area (Å²) in [5, 5.41) is 5.85. The maximum absolute atomic E-state index is 13.1. The normalized spacial score (nSPS) is 18.1. The molecule has 3 heterocycles. The van der Waals surface area contributed by atoms with Gasteiger partial charge >= 0.3 is 5.97 Å². The minimum atomic E-state index is -0.998. The van der Waals surface area contributed by atoms with Crippen molar-refractivity contribution in [2.75, 3.05) is 35.2 Å². The van der Waals surface area contributed by atoms with Crippen molar-refractivity contribution < 1.29 is 19.1 Å². The van der Waals surface area contributed by atoms with E-state index in [2.05, 4.69) is 20.6 Å². The SMILES string of the molecule is CCOC(=O)C1CCN(c2nc3c(c(=O)[nH]2)C(C(=O)Nc2cc(Cl)ccc2C)CC(=O)N3)CC1. The van der Waals surface area contributed by atoms with Gasteiger partial charge < -0.3 is 20.3 Å². The molecule has 180 valence electrons. The van der Waals surface area contributed by atoms with Crippen LogP contribution < -0.4 is 21.1 Å². The average molecular weight is 488 g/mol. The smallest absolute Gasteiger partial charge is 0.309 e. The molecule has 1 aromatic heterocycles. The van der Waals surface area contributed by atoms with Gasteiger partial charge in [0.15, 0.2) is 0 Å². The molecule has 1 unspecified atom stereocenters. The predicted molar refractivity (Wildman–Crippen MR) is 127 cm³/mol. The van der Waals surface area contributed by atoms with Gasteiger partial charge in [0, 0.05) is 30.2 Å². The molecule has 1 aromatic carbocycles. The lowest BCUT2D eigenvalue weighted by Gasteiger charge is -2.32. The Hall–Kier alpha value is -3.40. The first-order valence-electron chi connectivity index (χ1n) is 11.2. The lowest BCUT2D eigenvalue weighted by Crippen LogP contribution is -2.41. The molecular formula is C23H26ClN5O5. The van der Waals surface area contributed by atoms with Gasteiger partial charge in [0.2, 0.25) is 17.8 Å². The van der Waals surface area contributed by atoms with Crippen LogP contribution in [0.4, 0.5) is 17.5 Å². The van der Waals surface area contributed by atoms with Gasteiger partial charge in [0.05, 0.1) is 24.0 Å². The highest BCUT2D eigenvalue weighted by Crippen LogP contribution is 2.32. The summed E-state index contributed by atoms with van der Waals surface area (Å²) in [6, 6.07) is 5.09. The molecule has 2 aliphatic heterocycles. The fourth-order valence-electron chi connectivity index (χ4n) is 4.27. The van der Waals surface area contributed by atoms with Gasteiger partial charge in [0.25, 0.3) is 5.56 Å². The van der Waals surface area contributed by atoms with E-state index in [-0.39, 0.29) is 35.6 Å². The Morgan fingerprint density at radius 1 is 1.26 bits per heavy atom. The van der Waals surface area contributed by atoms with Crippen LogP contribution in [0, 0.1) is 12.8 Å². The quantitative estimate of drug-likeness (QED) is 0.552. The number of aromatic nitrogens is 2. The molecule has 0 saturated carbocycles. The number of benzene rings is 1. The summed E-state index contributed by atoms with van der Waals surface area (Å²) in [7, 11) is 0. The summed E-state index contributed by atoms with van der Waals surface area (Å²) < 4.78 is 5.09.